The van der Waals surface area contributed by atoms with Crippen molar-refractivity contribution in [1.82, 2.24) is 14.8 Å². The first-order chi connectivity index (χ1) is 9.34. The largest absolute Gasteiger partial charge is 0.478 e. The molecule has 0 aliphatic carbocycles. The molecule has 0 saturated heterocycles. The molecular weight excluding hydrogens is 284 g/mol. The van der Waals surface area contributed by atoms with Gasteiger partial charge in [0.05, 0.1) is 11.9 Å². The quantitative estimate of drug-likeness (QED) is 0.872. The average Bonchev–Trinajstić information content (AvgIpc) is 2.82. The highest BCUT2D eigenvalue weighted by atomic mass is 32.2. The van der Waals surface area contributed by atoms with Crippen LogP contribution in [0.2, 0.25) is 0 Å². The van der Waals surface area contributed by atoms with Crippen LogP contribution in [0.3, 0.4) is 0 Å². The fraction of sp³-hybridized carbons (Fsp3) is 0.182. The van der Waals surface area contributed by atoms with Gasteiger partial charge in [0.1, 0.15) is 5.56 Å². The van der Waals surface area contributed by atoms with Crippen LogP contribution in [-0.2, 0) is 17.1 Å². The summed E-state index contributed by atoms with van der Waals surface area (Å²) < 4.78 is 26.9. The average molecular weight is 296 g/mol. The fourth-order valence-corrected chi connectivity index (χ4v) is 2.91. The maximum absolute atomic E-state index is 12.4. The molecule has 2 rings (SSSR count). The van der Waals surface area contributed by atoms with E-state index in [1.165, 1.54) is 26.5 Å². The Labute approximate surface area is 115 Å². The monoisotopic (exact) mass is 296 g/mol. The minimum absolute atomic E-state index is 0.314. The van der Waals surface area contributed by atoms with Gasteiger partial charge >= 0.3 is 5.97 Å². The number of rotatable bonds is 4. The van der Waals surface area contributed by atoms with E-state index in [4.69, 9.17) is 5.11 Å². The van der Waals surface area contributed by atoms with Gasteiger partial charge in [-0.05, 0) is 12.1 Å². The van der Waals surface area contributed by atoms with Gasteiger partial charge in [-0.3, -0.25) is 14.0 Å². The molecule has 0 radical (unpaired) electrons. The van der Waals surface area contributed by atoms with Gasteiger partial charge in [0.2, 0.25) is 5.03 Å². The van der Waals surface area contributed by atoms with Crippen molar-refractivity contribution in [2.75, 3.05) is 11.4 Å². The standard InChI is InChI=1S/C11H12N4O4S/c1-14-7-9(11(16)17)10(13-14)20(18,19)15(2)8-4-3-5-12-6-8/h3-7H,1-2H3,(H,16,17). The molecule has 0 fully saturated rings. The number of hydrogen-bond donors (Lipinski definition) is 1. The molecule has 2 aromatic heterocycles. The summed E-state index contributed by atoms with van der Waals surface area (Å²) in [5.74, 6) is -1.35. The van der Waals surface area contributed by atoms with Gasteiger partial charge in [-0.15, -0.1) is 0 Å². The Morgan fingerprint density at radius 3 is 2.70 bits per heavy atom. The van der Waals surface area contributed by atoms with Crippen LogP contribution in [0.5, 0.6) is 0 Å². The zero-order valence-electron chi connectivity index (χ0n) is 10.8. The van der Waals surface area contributed by atoms with Gasteiger partial charge in [-0.1, -0.05) is 0 Å². The number of carboxylic acid groups (broad SMARTS) is 1. The zero-order valence-corrected chi connectivity index (χ0v) is 11.6. The van der Waals surface area contributed by atoms with Crippen LogP contribution in [0.15, 0.2) is 35.7 Å². The molecule has 0 aliphatic heterocycles. The molecule has 0 atom stereocenters. The van der Waals surface area contributed by atoms with Crippen molar-refractivity contribution in [2.24, 2.45) is 7.05 Å². The number of sulfonamides is 1. The highest BCUT2D eigenvalue weighted by molar-refractivity contribution is 7.92. The summed E-state index contributed by atoms with van der Waals surface area (Å²) in [5, 5.41) is 12.3. The van der Waals surface area contributed by atoms with Gasteiger partial charge in [0.25, 0.3) is 10.0 Å². The first-order valence-corrected chi connectivity index (χ1v) is 6.94. The van der Waals surface area contributed by atoms with Gasteiger partial charge in [0.15, 0.2) is 0 Å². The lowest BCUT2D eigenvalue weighted by atomic mass is 10.4. The molecule has 0 saturated carbocycles. The molecule has 2 heterocycles. The number of nitrogens with zero attached hydrogens (tertiary/aromatic N) is 4. The Balaban J connectivity index is 2.54. The van der Waals surface area contributed by atoms with Crippen molar-refractivity contribution in [3.05, 3.63) is 36.3 Å². The maximum Gasteiger partial charge on any atom is 0.340 e. The minimum atomic E-state index is -4.07. The van der Waals surface area contributed by atoms with E-state index in [9.17, 15) is 13.2 Å². The Bertz CT molecular complexity index is 739. The van der Waals surface area contributed by atoms with Crippen molar-refractivity contribution in [1.29, 1.82) is 0 Å². The van der Waals surface area contributed by atoms with E-state index in [0.29, 0.717) is 5.69 Å². The summed E-state index contributed by atoms with van der Waals surface area (Å²) in [6.07, 6.45) is 4.01. The first-order valence-electron chi connectivity index (χ1n) is 5.50. The zero-order chi connectivity index (χ0) is 14.9. The normalized spacial score (nSPS) is 11.3. The Morgan fingerprint density at radius 1 is 1.45 bits per heavy atom. The van der Waals surface area contributed by atoms with Crippen LogP contribution >= 0.6 is 0 Å². The molecule has 0 unspecified atom stereocenters. The molecule has 20 heavy (non-hydrogen) atoms. The smallest absolute Gasteiger partial charge is 0.340 e. The molecular formula is C11H12N4O4S. The van der Waals surface area contributed by atoms with Crippen LogP contribution in [0, 0.1) is 0 Å². The van der Waals surface area contributed by atoms with Crippen LogP contribution < -0.4 is 4.31 Å². The second-order valence-electron chi connectivity index (χ2n) is 4.01. The fourth-order valence-electron chi connectivity index (χ4n) is 1.61. The first kappa shape index (κ1) is 14.0. The second-order valence-corrected chi connectivity index (χ2v) is 5.90. The van der Waals surface area contributed by atoms with Gasteiger partial charge in [0, 0.05) is 26.5 Å². The van der Waals surface area contributed by atoms with E-state index in [1.54, 1.807) is 12.1 Å². The van der Waals surface area contributed by atoms with Crippen molar-refractivity contribution in [3.8, 4) is 0 Å². The highest BCUT2D eigenvalue weighted by Gasteiger charge is 2.30. The minimum Gasteiger partial charge on any atom is -0.478 e. The molecule has 0 bridgehead atoms. The van der Waals surface area contributed by atoms with E-state index in [2.05, 4.69) is 10.1 Å². The predicted molar refractivity (Wildman–Crippen MR) is 70.0 cm³/mol. The number of carboxylic acids is 1. The molecule has 0 aliphatic rings. The molecule has 0 aromatic carbocycles. The molecule has 9 heteroatoms. The molecule has 1 N–H and O–H groups in total. The van der Waals surface area contributed by atoms with Crippen LogP contribution in [0.25, 0.3) is 0 Å². The number of pyridine rings is 1. The van der Waals surface area contributed by atoms with Gasteiger partial charge in [-0.25, -0.2) is 4.79 Å². The summed E-state index contributed by atoms with van der Waals surface area (Å²) in [6, 6.07) is 3.13. The third kappa shape index (κ3) is 2.35. The van der Waals surface area contributed by atoms with Gasteiger partial charge < -0.3 is 5.11 Å². The Hall–Kier alpha value is -2.42. The van der Waals surface area contributed by atoms with Gasteiger partial charge in [-0.2, -0.15) is 13.5 Å². The Morgan fingerprint density at radius 2 is 2.15 bits per heavy atom. The van der Waals surface area contributed by atoms with Crippen molar-refractivity contribution >= 4 is 21.7 Å². The highest BCUT2D eigenvalue weighted by Crippen LogP contribution is 2.22. The summed E-state index contributed by atoms with van der Waals surface area (Å²) in [6.45, 7) is 0. The topological polar surface area (TPSA) is 105 Å². The van der Waals surface area contributed by atoms with Crippen LogP contribution in [0.1, 0.15) is 10.4 Å². The van der Waals surface area contributed by atoms with E-state index >= 15 is 0 Å². The number of aryl methyl sites for hydroxylation is 1. The molecule has 8 nitrogen and oxygen atoms in total. The number of aromatic carboxylic acids is 1. The lowest BCUT2D eigenvalue weighted by molar-refractivity contribution is 0.0692. The molecule has 2 aromatic rings. The predicted octanol–water partition coefficient (Wildman–Crippen LogP) is 0.338. The van der Waals surface area contributed by atoms with E-state index in [0.717, 1.165) is 15.2 Å². The van der Waals surface area contributed by atoms with Crippen molar-refractivity contribution < 1.29 is 18.3 Å². The van der Waals surface area contributed by atoms with E-state index in [1.807, 2.05) is 0 Å². The number of carbonyl (C=O) groups is 1. The Kier molecular flexibility index (Phi) is 3.45. The summed E-state index contributed by atoms with van der Waals surface area (Å²) in [5.41, 5.74) is -0.0577. The third-order valence-electron chi connectivity index (χ3n) is 2.64. The lowest BCUT2D eigenvalue weighted by Gasteiger charge is -2.17. The third-order valence-corrected chi connectivity index (χ3v) is 4.36. The molecule has 0 amide bonds. The molecule has 106 valence electrons. The van der Waals surface area contributed by atoms with E-state index in [-0.39, 0.29) is 5.56 Å². The number of anilines is 1. The SMILES string of the molecule is CN(c1cccnc1)S(=O)(=O)c1nn(C)cc1C(=O)O. The summed E-state index contributed by atoms with van der Waals surface area (Å²) >= 11 is 0. The number of hydrogen-bond acceptors (Lipinski definition) is 5. The van der Waals surface area contributed by atoms with Crippen LogP contribution in [0.4, 0.5) is 5.69 Å². The summed E-state index contributed by atoms with van der Waals surface area (Å²) in [4.78, 5) is 14.9. The maximum atomic E-state index is 12.4. The van der Waals surface area contributed by atoms with E-state index < -0.39 is 21.0 Å². The number of aromatic nitrogens is 3. The summed E-state index contributed by atoms with van der Waals surface area (Å²) in [7, 11) is -1.30. The van der Waals surface area contributed by atoms with Crippen LogP contribution in [-0.4, -0.2) is 41.3 Å². The lowest BCUT2D eigenvalue weighted by Crippen LogP contribution is -2.28. The molecule has 0 spiro atoms. The second kappa shape index (κ2) is 4.93. The van der Waals surface area contributed by atoms with Crippen molar-refractivity contribution in [2.45, 2.75) is 5.03 Å². The van der Waals surface area contributed by atoms with Crippen molar-refractivity contribution in [3.63, 3.8) is 0 Å².